The lowest BCUT2D eigenvalue weighted by Crippen LogP contribution is -2.30. The first-order chi connectivity index (χ1) is 13.1. The molecule has 0 atom stereocenters. The monoisotopic (exact) mass is 294 g/mol. The average Bonchev–Trinajstić information content (AvgIpc) is 2.99. The quantitative estimate of drug-likeness (QED) is 0.465. The molecule has 0 radical (unpaired) electrons. The van der Waals surface area contributed by atoms with Crippen molar-refractivity contribution in [2.75, 3.05) is 0 Å². The largest absolute Gasteiger partial charge is 0.455 e. The molecule has 0 fully saturated rings. The second-order valence-corrected chi connectivity index (χ2v) is 5.38. The van der Waals surface area contributed by atoms with Gasteiger partial charge >= 0.3 is 0 Å². The highest BCUT2D eigenvalue weighted by molar-refractivity contribution is 6.10. The molecular weight excluding hydrogens is 270 g/mol. The van der Waals surface area contributed by atoms with Crippen LogP contribution < -0.4 is 4.57 Å². The Hall–Kier alpha value is -2.61. The average molecular weight is 294 g/mol. The molecule has 2 heterocycles. The van der Waals surface area contributed by atoms with Crippen molar-refractivity contribution in [1.29, 1.82) is 0 Å². The Balaban J connectivity index is 2.05. The summed E-state index contributed by atoms with van der Waals surface area (Å²) in [5, 5.41) is 1.31. The lowest BCUT2D eigenvalue weighted by molar-refractivity contribution is -0.660. The summed E-state index contributed by atoms with van der Waals surface area (Å²) in [5.74, 6) is 0. The standard InChI is InChI=1S/C20H18NO/c1-13-8-11-17(21(3)12-13)15-10-9-14(2)19-16-6-4-5-7-18(16)22-20(15)19/h4-12H,1-3H3/q+1/i1D3,2D3. The Bertz CT molecular complexity index is 1200. The topological polar surface area (TPSA) is 17.0 Å². The van der Waals surface area contributed by atoms with Crippen LogP contribution in [0.1, 0.15) is 19.4 Å². The molecule has 0 spiro atoms. The van der Waals surface area contributed by atoms with E-state index in [0.717, 1.165) is 11.1 Å². The molecule has 4 aromatic rings. The van der Waals surface area contributed by atoms with Crippen molar-refractivity contribution in [2.45, 2.75) is 13.7 Å². The molecule has 108 valence electrons. The van der Waals surface area contributed by atoms with E-state index in [-0.39, 0.29) is 11.1 Å². The summed E-state index contributed by atoms with van der Waals surface area (Å²) < 4.78 is 54.2. The first-order valence-corrected chi connectivity index (χ1v) is 7.02. The summed E-state index contributed by atoms with van der Waals surface area (Å²) in [6, 6.07) is 13.9. The van der Waals surface area contributed by atoms with Gasteiger partial charge in [-0.15, -0.1) is 0 Å². The molecule has 2 nitrogen and oxygen atoms in total. The highest BCUT2D eigenvalue weighted by atomic mass is 16.3. The van der Waals surface area contributed by atoms with E-state index in [0.29, 0.717) is 22.1 Å². The second kappa shape index (κ2) is 4.70. The third-order valence-corrected chi connectivity index (χ3v) is 3.94. The number of para-hydroxylation sites is 1. The van der Waals surface area contributed by atoms with Crippen LogP contribution in [0.15, 0.2) is 59.1 Å². The molecule has 0 unspecified atom stereocenters. The Labute approximate surface area is 138 Å². The number of aromatic nitrogens is 1. The highest BCUT2D eigenvalue weighted by Gasteiger charge is 2.18. The van der Waals surface area contributed by atoms with Crippen LogP contribution in [0.3, 0.4) is 0 Å². The van der Waals surface area contributed by atoms with E-state index in [1.54, 1.807) is 48.1 Å². The maximum absolute atomic E-state index is 7.91. The molecule has 22 heavy (non-hydrogen) atoms. The van der Waals surface area contributed by atoms with E-state index in [2.05, 4.69) is 0 Å². The summed E-state index contributed by atoms with van der Waals surface area (Å²) in [6.45, 7) is -4.48. The number of furan rings is 1. The van der Waals surface area contributed by atoms with Crippen LogP contribution in [-0.4, -0.2) is 0 Å². The van der Waals surface area contributed by atoms with Gasteiger partial charge in [0.05, 0.1) is 5.56 Å². The summed E-state index contributed by atoms with van der Waals surface area (Å²) in [6.07, 6.45) is 1.56. The van der Waals surface area contributed by atoms with Crippen LogP contribution in [0.25, 0.3) is 33.2 Å². The van der Waals surface area contributed by atoms with Gasteiger partial charge in [-0.3, -0.25) is 0 Å². The van der Waals surface area contributed by atoms with E-state index >= 15 is 0 Å². The Morgan fingerprint density at radius 2 is 1.91 bits per heavy atom. The Kier molecular flexibility index (Phi) is 1.74. The van der Waals surface area contributed by atoms with Gasteiger partial charge in [0.1, 0.15) is 18.2 Å². The van der Waals surface area contributed by atoms with Crippen LogP contribution >= 0.6 is 0 Å². The van der Waals surface area contributed by atoms with Crippen molar-refractivity contribution in [3.63, 3.8) is 0 Å². The molecule has 0 bridgehead atoms. The van der Waals surface area contributed by atoms with E-state index in [1.807, 2.05) is 18.2 Å². The predicted octanol–water partition coefficient (Wildman–Crippen LogP) is 4.69. The molecule has 2 aromatic heterocycles. The number of aryl methyl sites for hydroxylation is 3. The fourth-order valence-electron chi connectivity index (χ4n) is 2.92. The van der Waals surface area contributed by atoms with E-state index in [1.165, 1.54) is 0 Å². The van der Waals surface area contributed by atoms with Crippen molar-refractivity contribution in [3.05, 3.63) is 65.9 Å². The Morgan fingerprint density at radius 3 is 2.73 bits per heavy atom. The number of hydrogen-bond donors (Lipinski definition) is 0. The minimum absolute atomic E-state index is 0.234. The van der Waals surface area contributed by atoms with Gasteiger partial charge in [-0.25, -0.2) is 4.57 Å². The zero-order chi connectivity index (χ0) is 20.3. The second-order valence-electron chi connectivity index (χ2n) is 5.38. The lowest BCUT2D eigenvalue weighted by atomic mass is 10.0. The predicted molar refractivity (Wildman–Crippen MR) is 89.8 cm³/mol. The third-order valence-electron chi connectivity index (χ3n) is 3.94. The lowest BCUT2D eigenvalue weighted by Gasteiger charge is -2.04. The molecule has 4 rings (SSSR count). The first-order valence-electron chi connectivity index (χ1n) is 10.0. The van der Waals surface area contributed by atoms with Gasteiger partial charge in [-0.2, -0.15) is 0 Å². The zero-order valence-electron chi connectivity index (χ0n) is 18.1. The van der Waals surface area contributed by atoms with Crippen molar-refractivity contribution >= 4 is 21.9 Å². The number of benzene rings is 2. The van der Waals surface area contributed by atoms with E-state index in [9.17, 15) is 0 Å². The van der Waals surface area contributed by atoms with Crippen LogP contribution in [0.5, 0.6) is 0 Å². The number of nitrogens with zero attached hydrogens (tertiary/aromatic N) is 1. The number of pyridine rings is 1. The van der Waals surface area contributed by atoms with Crippen molar-refractivity contribution in [3.8, 4) is 11.3 Å². The molecule has 2 aromatic carbocycles. The molecule has 0 N–H and O–H groups in total. The SMILES string of the molecule is [2H]C([2H])([2H])c1ccc(-c2ccc(C([2H])([2H])[2H])c3c2oc2ccccc23)[n+](C)c1. The number of rotatable bonds is 1. The molecule has 2 heteroatoms. The van der Waals surface area contributed by atoms with Gasteiger partial charge < -0.3 is 4.42 Å². The highest BCUT2D eigenvalue weighted by Crippen LogP contribution is 2.36. The molecule has 0 saturated carbocycles. The fourth-order valence-corrected chi connectivity index (χ4v) is 2.92. The maximum Gasteiger partial charge on any atom is 0.216 e. The summed E-state index contributed by atoms with van der Waals surface area (Å²) in [5.41, 5.74) is 2.99. The minimum atomic E-state index is -2.28. The maximum atomic E-state index is 7.91. The normalized spacial score (nSPS) is 16.6. The number of hydrogen-bond acceptors (Lipinski definition) is 1. The zero-order valence-corrected chi connectivity index (χ0v) is 12.1. The van der Waals surface area contributed by atoms with Gasteiger partial charge in [0.2, 0.25) is 5.69 Å². The van der Waals surface area contributed by atoms with E-state index in [4.69, 9.17) is 12.6 Å². The molecular formula is C20H18NO+. The fraction of sp³-hybridized carbons (Fsp3) is 0.150. The van der Waals surface area contributed by atoms with Crippen LogP contribution in [0, 0.1) is 13.7 Å². The molecule has 0 saturated heterocycles. The summed E-state index contributed by atoms with van der Waals surface area (Å²) in [4.78, 5) is 0. The van der Waals surface area contributed by atoms with Crippen LogP contribution in [0.4, 0.5) is 0 Å². The van der Waals surface area contributed by atoms with Crippen molar-refractivity contribution in [2.24, 2.45) is 7.05 Å². The molecule has 0 aliphatic rings. The smallest absolute Gasteiger partial charge is 0.216 e. The Morgan fingerprint density at radius 1 is 1.00 bits per heavy atom. The molecule has 0 aliphatic heterocycles. The van der Waals surface area contributed by atoms with E-state index < -0.39 is 13.7 Å². The summed E-state index contributed by atoms with van der Waals surface area (Å²) in [7, 11) is 1.76. The van der Waals surface area contributed by atoms with Crippen LogP contribution in [-0.2, 0) is 7.05 Å². The third kappa shape index (κ3) is 1.84. The minimum Gasteiger partial charge on any atom is -0.455 e. The van der Waals surface area contributed by atoms with Gasteiger partial charge in [-0.05, 0) is 37.5 Å². The van der Waals surface area contributed by atoms with Gasteiger partial charge in [0.15, 0.2) is 6.20 Å². The molecule has 0 amide bonds. The number of fused-ring (bicyclic) bond motifs is 3. The summed E-state index contributed by atoms with van der Waals surface area (Å²) >= 11 is 0. The van der Waals surface area contributed by atoms with Gasteiger partial charge in [-0.1, -0.05) is 24.3 Å². The van der Waals surface area contributed by atoms with Crippen LogP contribution in [0.2, 0.25) is 0 Å². The van der Waals surface area contributed by atoms with Crippen molar-refractivity contribution < 1.29 is 17.2 Å². The van der Waals surface area contributed by atoms with Crippen molar-refractivity contribution in [1.82, 2.24) is 0 Å². The van der Waals surface area contributed by atoms with Gasteiger partial charge in [0, 0.05) is 30.6 Å². The molecule has 0 aliphatic carbocycles. The first kappa shape index (κ1) is 8.14. The van der Waals surface area contributed by atoms with Gasteiger partial charge in [0.25, 0.3) is 0 Å².